The van der Waals surface area contributed by atoms with Gasteiger partial charge in [-0.15, -0.1) is 22.7 Å². The van der Waals surface area contributed by atoms with Crippen LogP contribution in [0.2, 0.25) is 0 Å². The van der Waals surface area contributed by atoms with Crippen molar-refractivity contribution in [3.8, 4) is 11.5 Å². The molecule has 2 aromatic heterocycles. The molecule has 0 unspecified atom stereocenters. The number of fused-ring (bicyclic) bond motifs is 2. The molecular formula is C33H41F7N2O8P2S3. The van der Waals surface area contributed by atoms with Crippen LogP contribution in [0, 0.1) is 13.8 Å². The highest BCUT2D eigenvalue weighted by molar-refractivity contribution is 7.98. The molecule has 55 heavy (non-hydrogen) atoms. The van der Waals surface area contributed by atoms with E-state index in [0.29, 0.717) is 39.3 Å². The van der Waals surface area contributed by atoms with Gasteiger partial charge in [0, 0.05) is 35.4 Å². The molecule has 0 fully saturated rings. The predicted octanol–water partition coefficient (Wildman–Crippen LogP) is 9.45. The number of nitrogens with one attached hydrogen (secondary N) is 1. The molecule has 308 valence electrons. The van der Waals surface area contributed by atoms with E-state index in [-0.39, 0.29) is 51.5 Å². The zero-order chi connectivity index (χ0) is 42.1. The summed E-state index contributed by atoms with van der Waals surface area (Å²) in [5.74, 6) is -0.0602. The number of carbonyl (C=O) groups is 2. The van der Waals surface area contributed by atoms with Gasteiger partial charge >= 0.3 is 17.5 Å². The molecule has 22 heteroatoms. The second-order valence-electron chi connectivity index (χ2n) is 11.2. The van der Waals surface area contributed by atoms with Gasteiger partial charge in [0.15, 0.2) is 0 Å². The van der Waals surface area contributed by atoms with Gasteiger partial charge in [-0.2, -0.15) is 42.5 Å². The van der Waals surface area contributed by atoms with Crippen molar-refractivity contribution in [3.05, 3.63) is 56.3 Å². The van der Waals surface area contributed by atoms with Crippen LogP contribution in [0.3, 0.4) is 0 Å². The minimum atomic E-state index is -4.36. The molecule has 0 saturated carbocycles. The van der Waals surface area contributed by atoms with E-state index >= 15 is 0 Å². The van der Waals surface area contributed by atoms with Crippen LogP contribution < -0.4 is 20.5 Å². The predicted molar refractivity (Wildman–Crippen MR) is 206 cm³/mol. The maximum atomic E-state index is 14.2. The lowest BCUT2D eigenvalue weighted by molar-refractivity contribution is -0.136. The number of hydrogen-bond acceptors (Lipinski definition) is 11. The van der Waals surface area contributed by atoms with E-state index in [1.165, 1.54) is 39.1 Å². The van der Waals surface area contributed by atoms with E-state index in [9.17, 15) is 40.3 Å². The molecule has 0 bridgehead atoms. The van der Waals surface area contributed by atoms with Crippen molar-refractivity contribution >= 4 is 83.2 Å². The molecule has 0 aliphatic carbocycles. The summed E-state index contributed by atoms with van der Waals surface area (Å²) in [6.45, 7) is 6.82. The lowest BCUT2D eigenvalue weighted by Crippen LogP contribution is -2.17. The minimum Gasteiger partial charge on any atom is -0.492 e. The van der Waals surface area contributed by atoms with Crippen LogP contribution in [0.4, 0.5) is 30.7 Å². The minimum absolute atomic E-state index is 0.00107. The number of benzene rings is 2. The van der Waals surface area contributed by atoms with Gasteiger partial charge in [-0.1, -0.05) is 13.8 Å². The molecular weight excluding hydrogens is 844 g/mol. The molecule has 0 atom stereocenters. The Labute approximate surface area is 327 Å². The van der Waals surface area contributed by atoms with Crippen LogP contribution >= 0.6 is 51.2 Å². The average Bonchev–Trinajstić information content (AvgIpc) is 3.65. The number of halogens is 7. The lowest BCUT2D eigenvalue weighted by Gasteiger charge is -2.16. The SMILES string of the molecule is CC.CNC(=O)c1cc(OCCCSC)c2sc(C(F)(F)P(O)O)c(C)c2c1.Cc1c(C(F)(F)P(O)O)sc2c(OCCCC(F)(F)F)cc(C(N)=O)cc12. The molecule has 2 amide bonds. The molecule has 2 heterocycles. The van der Waals surface area contributed by atoms with E-state index in [4.69, 9.17) is 34.8 Å². The van der Waals surface area contributed by atoms with Crippen LogP contribution in [0.5, 0.6) is 11.5 Å². The summed E-state index contributed by atoms with van der Waals surface area (Å²) in [4.78, 5) is 58.7. The summed E-state index contributed by atoms with van der Waals surface area (Å²) >= 11 is 2.95. The van der Waals surface area contributed by atoms with Crippen molar-refractivity contribution in [2.75, 3.05) is 32.3 Å². The summed E-state index contributed by atoms with van der Waals surface area (Å²) in [5, 5.41) is 3.13. The summed E-state index contributed by atoms with van der Waals surface area (Å²) in [6.07, 6.45) is -3.06. The fourth-order valence-corrected chi connectivity index (χ4v) is 8.93. The van der Waals surface area contributed by atoms with E-state index in [2.05, 4.69) is 5.32 Å². The van der Waals surface area contributed by atoms with Gasteiger partial charge in [-0.25, -0.2) is 0 Å². The molecule has 2 aromatic carbocycles. The van der Waals surface area contributed by atoms with Crippen LogP contribution in [0.25, 0.3) is 20.2 Å². The molecule has 10 nitrogen and oxygen atoms in total. The summed E-state index contributed by atoms with van der Waals surface area (Å²) in [6, 6.07) is 5.46. The Morgan fingerprint density at radius 3 is 1.58 bits per heavy atom. The van der Waals surface area contributed by atoms with Crippen molar-refractivity contribution in [1.82, 2.24) is 5.32 Å². The third-order valence-electron chi connectivity index (χ3n) is 7.44. The molecule has 4 aromatic rings. The number of aryl methyl sites for hydroxylation is 2. The number of alkyl halides is 7. The Balaban J connectivity index is 0.000000364. The number of hydrogen-bond donors (Lipinski definition) is 6. The van der Waals surface area contributed by atoms with Gasteiger partial charge in [-0.05, 0) is 74.1 Å². The Morgan fingerprint density at radius 2 is 1.20 bits per heavy atom. The highest BCUT2D eigenvalue weighted by atomic mass is 32.2. The number of primary amides is 1. The second-order valence-corrected chi connectivity index (χ2v) is 16.5. The number of ether oxygens (including phenoxy) is 2. The van der Waals surface area contributed by atoms with Gasteiger partial charge in [-0.3, -0.25) is 9.59 Å². The fraction of sp³-hybridized carbons (Fsp3) is 0.455. The van der Waals surface area contributed by atoms with Crippen LogP contribution in [0.1, 0.15) is 74.7 Å². The first-order chi connectivity index (χ1) is 25.6. The summed E-state index contributed by atoms with van der Waals surface area (Å²) in [5.41, 5.74) is -2.01. The third kappa shape index (κ3) is 12.2. The average molecular weight is 885 g/mol. The number of rotatable bonds is 15. The lowest BCUT2D eigenvalue weighted by atomic mass is 10.1. The van der Waals surface area contributed by atoms with E-state index in [1.54, 1.807) is 11.8 Å². The van der Waals surface area contributed by atoms with Gasteiger partial charge in [0.25, 0.3) is 5.91 Å². The second kappa shape index (κ2) is 20.8. The zero-order valence-corrected chi connectivity index (χ0v) is 34.6. The highest BCUT2D eigenvalue weighted by Gasteiger charge is 2.45. The van der Waals surface area contributed by atoms with E-state index < -0.39 is 56.3 Å². The quantitative estimate of drug-likeness (QED) is 0.0387. The normalized spacial score (nSPS) is 12.1. The standard InChI is InChI=1S/C16H20F2NO4PS2.C15H15F5NO4PS.C2H6/c1-9-11-7-10(15(20)19-2)8-12(23-5-4-6-25-3)13(11)26-14(9)16(17,18)24(21)22;1-7-9-5-8(13(21)22)6-10(25-4-2-3-14(16,17)18)11(9)27-12(7)15(19,20)26(23)24;1-2/h7-8,21-22H,4-6H2,1-3H3,(H,19,20);5-6,23-24H,2-4H2,1H3,(H2,21,22);1-2H3. The topological polar surface area (TPSA) is 172 Å². The van der Waals surface area contributed by atoms with Crippen molar-refractivity contribution < 1.29 is 69.4 Å². The van der Waals surface area contributed by atoms with Crippen molar-refractivity contribution in [2.45, 2.75) is 64.5 Å². The number of nitrogens with two attached hydrogens (primary N) is 1. The first kappa shape index (κ1) is 48.6. The van der Waals surface area contributed by atoms with Crippen molar-refractivity contribution in [3.63, 3.8) is 0 Å². The molecule has 0 spiro atoms. The maximum absolute atomic E-state index is 14.2. The fourth-order valence-electron chi connectivity index (χ4n) is 4.80. The van der Waals surface area contributed by atoms with Gasteiger partial charge < -0.3 is 40.1 Å². The summed E-state index contributed by atoms with van der Waals surface area (Å²) in [7, 11) is -5.60. The molecule has 0 saturated heterocycles. The number of amides is 2. The zero-order valence-electron chi connectivity index (χ0n) is 30.3. The van der Waals surface area contributed by atoms with Gasteiger partial charge in [0.1, 0.15) is 11.5 Å². The number of carbonyl (C=O) groups excluding carboxylic acids is 2. The maximum Gasteiger partial charge on any atom is 0.389 e. The molecule has 0 aliphatic heterocycles. The Hall–Kier alpha value is -2.54. The Bertz CT molecular complexity index is 1930. The van der Waals surface area contributed by atoms with Crippen molar-refractivity contribution in [2.24, 2.45) is 5.73 Å². The smallest absolute Gasteiger partial charge is 0.389 e. The monoisotopic (exact) mass is 884 g/mol. The Morgan fingerprint density at radius 1 is 0.782 bits per heavy atom. The largest absolute Gasteiger partial charge is 0.492 e. The van der Waals surface area contributed by atoms with Crippen LogP contribution in [-0.4, -0.2) is 69.8 Å². The van der Waals surface area contributed by atoms with Gasteiger partial charge in [0.2, 0.25) is 22.7 Å². The molecule has 0 aliphatic rings. The Kier molecular flexibility index (Phi) is 18.3. The third-order valence-corrected chi connectivity index (χ3v) is 12.7. The van der Waals surface area contributed by atoms with Crippen molar-refractivity contribution in [1.29, 1.82) is 0 Å². The first-order valence-corrected chi connectivity index (χ1v) is 21.7. The number of thioether (sulfide) groups is 1. The molecule has 7 N–H and O–H groups in total. The number of thiophene rings is 2. The highest BCUT2D eigenvalue weighted by Crippen LogP contribution is 2.58. The van der Waals surface area contributed by atoms with E-state index in [0.717, 1.165) is 29.6 Å². The first-order valence-electron chi connectivity index (χ1n) is 16.2. The molecule has 0 radical (unpaired) electrons. The van der Waals surface area contributed by atoms with E-state index in [1.807, 2.05) is 20.1 Å². The van der Waals surface area contributed by atoms with Gasteiger partial charge in [0.05, 0.1) is 32.4 Å². The van der Waals surface area contributed by atoms with Crippen LogP contribution in [0.15, 0.2) is 24.3 Å². The van der Waals surface area contributed by atoms with Crippen LogP contribution in [-0.2, 0) is 11.3 Å². The molecule has 4 rings (SSSR count). The summed E-state index contributed by atoms with van der Waals surface area (Å²) < 4.78 is 105.